The highest BCUT2D eigenvalue weighted by Crippen LogP contribution is 2.21. The lowest BCUT2D eigenvalue weighted by Crippen LogP contribution is -2.43. The highest BCUT2D eigenvalue weighted by atomic mass is 127. The molecule has 0 bridgehead atoms. The van der Waals surface area contributed by atoms with Gasteiger partial charge in [-0.3, -0.25) is 0 Å². The molecule has 0 radical (unpaired) electrons. The molecule has 1 aromatic heterocycles. The van der Waals surface area contributed by atoms with E-state index in [1.165, 1.54) is 5.56 Å². The van der Waals surface area contributed by atoms with Gasteiger partial charge in [-0.15, -0.1) is 34.2 Å². The summed E-state index contributed by atoms with van der Waals surface area (Å²) in [7, 11) is 1.97. The van der Waals surface area contributed by atoms with E-state index in [4.69, 9.17) is 4.99 Å². The van der Waals surface area contributed by atoms with Gasteiger partial charge in [0.2, 0.25) is 0 Å². The Morgan fingerprint density at radius 2 is 1.85 bits per heavy atom. The van der Waals surface area contributed by atoms with Gasteiger partial charge in [0.05, 0.1) is 0 Å². The zero-order valence-electron chi connectivity index (χ0n) is 17.1. The van der Waals surface area contributed by atoms with Gasteiger partial charge in [0, 0.05) is 25.6 Å². The summed E-state index contributed by atoms with van der Waals surface area (Å²) in [6.45, 7) is 10.8. The predicted octanol–water partition coefficient (Wildman–Crippen LogP) is 3.55. The normalized spacial score (nSPS) is 11.8. The molecular formula is C20H33IN6. The number of rotatable bonds is 8. The first-order chi connectivity index (χ1) is 12.4. The van der Waals surface area contributed by atoms with E-state index in [2.05, 4.69) is 71.9 Å². The average molecular weight is 484 g/mol. The van der Waals surface area contributed by atoms with E-state index in [-0.39, 0.29) is 29.4 Å². The van der Waals surface area contributed by atoms with Gasteiger partial charge in [-0.1, -0.05) is 57.5 Å². The molecule has 27 heavy (non-hydrogen) atoms. The summed E-state index contributed by atoms with van der Waals surface area (Å²) in [5.41, 5.74) is 1.32. The standard InChI is InChI=1S/C20H32N6.HI/c1-6-7-13-21-19(22-14-18-25-24-16(2)26(18)5)23-15-20(3,4)17-11-9-8-10-12-17;/h8-12H,6-7,13-15H2,1-5H3,(H2,21,22,23);1H. The van der Waals surface area contributed by atoms with Gasteiger partial charge in [0.1, 0.15) is 12.4 Å². The molecule has 1 heterocycles. The molecule has 0 spiro atoms. The van der Waals surface area contributed by atoms with Crippen LogP contribution in [-0.4, -0.2) is 33.8 Å². The molecule has 0 saturated heterocycles. The largest absolute Gasteiger partial charge is 0.356 e. The van der Waals surface area contributed by atoms with Gasteiger partial charge in [-0.2, -0.15) is 0 Å². The lowest BCUT2D eigenvalue weighted by atomic mass is 9.85. The Labute approximate surface area is 180 Å². The van der Waals surface area contributed by atoms with Gasteiger partial charge in [0.15, 0.2) is 11.8 Å². The second-order valence-electron chi connectivity index (χ2n) is 7.27. The monoisotopic (exact) mass is 484 g/mol. The molecule has 2 rings (SSSR count). The van der Waals surface area contributed by atoms with E-state index in [0.29, 0.717) is 6.54 Å². The topological polar surface area (TPSA) is 67.1 Å². The summed E-state index contributed by atoms with van der Waals surface area (Å²) in [6, 6.07) is 10.6. The van der Waals surface area contributed by atoms with Crippen LogP contribution >= 0.6 is 24.0 Å². The number of guanidine groups is 1. The first-order valence-corrected chi connectivity index (χ1v) is 9.36. The fourth-order valence-corrected chi connectivity index (χ4v) is 2.59. The quantitative estimate of drug-likeness (QED) is 0.260. The summed E-state index contributed by atoms with van der Waals surface area (Å²) >= 11 is 0. The molecule has 0 amide bonds. The Morgan fingerprint density at radius 1 is 1.15 bits per heavy atom. The Morgan fingerprint density at radius 3 is 2.44 bits per heavy atom. The minimum absolute atomic E-state index is 0. The maximum atomic E-state index is 4.71. The second-order valence-corrected chi connectivity index (χ2v) is 7.27. The van der Waals surface area contributed by atoms with Crippen molar-refractivity contribution in [1.29, 1.82) is 0 Å². The first kappa shape index (κ1) is 23.4. The molecule has 6 nitrogen and oxygen atoms in total. The molecule has 1 aromatic carbocycles. The maximum Gasteiger partial charge on any atom is 0.191 e. The smallest absolute Gasteiger partial charge is 0.191 e. The van der Waals surface area contributed by atoms with Crippen LogP contribution in [0.25, 0.3) is 0 Å². The van der Waals surface area contributed by atoms with Crippen LogP contribution in [0.5, 0.6) is 0 Å². The van der Waals surface area contributed by atoms with Crippen molar-refractivity contribution in [3.8, 4) is 0 Å². The van der Waals surface area contributed by atoms with E-state index in [1.54, 1.807) is 0 Å². The minimum Gasteiger partial charge on any atom is -0.356 e. The third-order valence-corrected chi connectivity index (χ3v) is 4.64. The van der Waals surface area contributed by atoms with Crippen LogP contribution in [0.15, 0.2) is 35.3 Å². The van der Waals surface area contributed by atoms with Crippen LogP contribution in [-0.2, 0) is 19.0 Å². The van der Waals surface area contributed by atoms with Crippen LogP contribution in [0.1, 0.15) is 50.8 Å². The minimum atomic E-state index is 0. The number of aryl methyl sites for hydroxylation is 1. The maximum absolute atomic E-state index is 4.71. The van der Waals surface area contributed by atoms with Crippen molar-refractivity contribution in [2.24, 2.45) is 12.0 Å². The molecule has 7 heteroatoms. The molecule has 0 aliphatic heterocycles. The summed E-state index contributed by atoms with van der Waals surface area (Å²) in [5, 5.41) is 15.2. The van der Waals surface area contributed by atoms with Crippen molar-refractivity contribution in [3.63, 3.8) is 0 Å². The number of hydrogen-bond donors (Lipinski definition) is 2. The zero-order chi connectivity index (χ0) is 19.0. The van der Waals surface area contributed by atoms with Gasteiger partial charge < -0.3 is 15.2 Å². The van der Waals surface area contributed by atoms with Crippen molar-refractivity contribution in [3.05, 3.63) is 47.5 Å². The van der Waals surface area contributed by atoms with Crippen LogP contribution in [0, 0.1) is 6.92 Å². The highest BCUT2D eigenvalue weighted by Gasteiger charge is 2.20. The summed E-state index contributed by atoms with van der Waals surface area (Å²) in [6.07, 6.45) is 2.27. The molecule has 0 saturated carbocycles. The van der Waals surface area contributed by atoms with Crippen molar-refractivity contribution in [2.75, 3.05) is 13.1 Å². The molecule has 150 valence electrons. The van der Waals surface area contributed by atoms with Crippen LogP contribution in [0.3, 0.4) is 0 Å². The number of nitrogens with one attached hydrogen (secondary N) is 2. The van der Waals surface area contributed by atoms with Gasteiger partial charge in [-0.05, 0) is 18.9 Å². The SMILES string of the molecule is CCCCNC(=NCc1nnc(C)n1C)NCC(C)(C)c1ccccc1.I. The van der Waals surface area contributed by atoms with Crippen LogP contribution in [0.2, 0.25) is 0 Å². The van der Waals surface area contributed by atoms with E-state index in [1.807, 2.05) is 18.5 Å². The van der Waals surface area contributed by atoms with Gasteiger partial charge in [0.25, 0.3) is 0 Å². The Balaban J connectivity index is 0.00000364. The van der Waals surface area contributed by atoms with Crippen molar-refractivity contribution in [1.82, 2.24) is 25.4 Å². The molecule has 2 aromatic rings. The molecular weight excluding hydrogens is 451 g/mol. The fourth-order valence-electron chi connectivity index (χ4n) is 2.59. The van der Waals surface area contributed by atoms with E-state index in [0.717, 1.165) is 43.5 Å². The van der Waals surface area contributed by atoms with Crippen molar-refractivity contribution < 1.29 is 0 Å². The number of aromatic nitrogens is 3. The molecule has 0 aliphatic carbocycles. The predicted molar refractivity (Wildman–Crippen MR) is 123 cm³/mol. The fraction of sp³-hybridized carbons (Fsp3) is 0.550. The number of benzene rings is 1. The second kappa shape index (κ2) is 11.3. The number of aliphatic imine (C=N–C) groups is 1. The molecule has 0 fully saturated rings. The van der Waals surface area contributed by atoms with Crippen molar-refractivity contribution >= 4 is 29.9 Å². The van der Waals surface area contributed by atoms with E-state index >= 15 is 0 Å². The van der Waals surface area contributed by atoms with Crippen LogP contribution in [0.4, 0.5) is 0 Å². The Kier molecular flexibility index (Phi) is 9.76. The van der Waals surface area contributed by atoms with Crippen molar-refractivity contribution in [2.45, 2.75) is 52.5 Å². The van der Waals surface area contributed by atoms with E-state index in [9.17, 15) is 0 Å². The summed E-state index contributed by atoms with van der Waals surface area (Å²) < 4.78 is 1.97. The lowest BCUT2D eigenvalue weighted by Gasteiger charge is -2.27. The highest BCUT2D eigenvalue weighted by molar-refractivity contribution is 14.0. The number of hydrogen-bond acceptors (Lipinski definition) is 3. The number of halogens is 1. The van der Waals surface area contributed by atoms with E-state index < -0.39 is 0 Å². The molecule has 0 atom stereocenters. The zero-order valence-corrected chi connectivity index (χ0v) is 19.4. The third kappa shape index (κ3) is 7.12. The Bertz CT molecular complexity index is 709. The molecule has 2 N–H and O–H groups in total. The lowest BCUT2D eigenvalue weighted by molar-refractivity contribution is 0.507. The first-order valence-electron chi connectivity index (χ1n) is 9.36. The van der Waals surface area contributed by atoms with Gasteiger partial charge >= 0.3 is 0 Å². The van der Waals surface area contributed by atoms with Crippen LogP contribution < -0.4 is 10.6 Å². The Hall–Kier alpha value is -1.64. The molecule has 0 unspecified atom stereocenters. The number of nitrogens with zero attached hydrogens (tertiary/aromatic N) is 4. The number of unbranched alkanes of at least 4 members (excludes halogenated alkanes) is 1. The average Bonchev–Trinajstić information content (AvgIpc) is 2.96. The van der Waals surface area contributed by atoms with Gasteiger partial charge in [-0.25, -0.2) is 4.99 Å². The molecule has 0 aliphatic rings. The summed E-state index contributed by atoms with van der Waals surface area (Å²) in [5.74, 6) is 2.58. The third-order valence-electron chi connectivity index (χ3n) is 4.64. The summed E-state index contributed by atoms with van der Waals surface area (Å²) in [4.78, 5) is 4.71.